The number of hydrogen-bond acceptors (Lipinski definition) is 3. The van der Waals surface area contributed by atoms with E-state index in [4.69, 9.17) is 0 Å². The van der Waals surface area contributed by atoms with Crippen molar-refractivity contribution in [1.82, 2.24) is 10.3 Å². The van der Waals surface area contributed by atoms with Crippen LogP contribution in [0.5, 0.6) is 0 Å². The maximum absolute atomic E-state index is 14.0. The van der Waals surface area contributed by atoms with Gasteiger partial charge >= 0.3 is 0 Å². The maximum Gasteiger partial charge on any atom is 0.131 e. The van der Waals surface area contributed by atoms with Gasteiger partial charge in [-0.05, 0) is 38.8 Å². The number of nitrogens with zero attached hydrogens (tertiary/aromatic N) is 1. The molecule has 1 aromatic carbocycles. The molecular formula is C15H16F2N2S. The van der Waals surface area contributed by atoms with Gasteiger partial charge in [0.2, 0.25) is 0 Å². The topological polar surface area (TPSA) is 24.9 Å². The molecular weight excluding hydrogens is 278 g/mol. The molecule has 106 valence electrons. The van der Waals surface area contributed by atoms with Gasteiger partial charge in [0.05, 0.1) is 11.7 Å². The van der Waals surface area contributed by atoms with Crippen molar-refractivity contribution in [2.45, 2.75) is 31.7 Å². The monoisotopic (exact) mass is 294 g/mol. The molecule has 1 heterocycles. The average molecular weight is 294 g/mol. The molecule has 0 saturated carbocycles. The van der Waals surface area contributed by atoms with E-state index in [0.29, 0.717) is 5.56 Å². The highest BCUT2D eigenvalue weighted by Gasteiger charge is 2.23. The predicted molar refractivity (Wildman–Crippen MR) is 76.0 cm³/mol. The van der Waals surface area contributed by atoms with Gasteiger partial charge in [-0.15, -0.1) is 11.3 Å². The fraction of sp³-hybridized carbons (Fsp3) is 0.400. The van der Waals surface area contributed by atoms with Gasteiger partial charge in [-0.2, -0.15) is 0 Å². The van der Waals surface area contributed by atoms with E-state index in [-0.39, 0.29) is 6.04 Å². The molecule has 0 aliphatic heterocycles. The lowest BCUT2D eigenvalue weighted by Gasteiger charge is -2.14. The Morgan fingerprint density at radius 3 is 2.75 bits per heavy atom. The van der Waals surface area contributed by atoms with Crippen molar-refractivity contribution in [2.75, 3.05) is 7.05 Å². The Morgan fingerprint density at radius 1 is 1.25 bits per heavy atom. The van der Waals surface area contributed by atoms with Crippen LogP contribution in [-0.4, -0.2) is 12.0 Å². The molecule has 0 amide bonds. The highest BCUT2D eigenvalue weighted by atomic mass is 32.1. The van der Waals surface area contributed by atoms with Gasteiger partial charge < -0.3 is 5.32 Å². The number of fused-ring (bicyclic) bond motifs is 1. The number of benzene rings is 1. The molecule has 20 heavy (non-hydrogen) atoms. The third-order valence-electron chi connectivity index (χ3n) is 3.67. The predicted octanol–water partition coefficient (Wildman–Crippen LogP) is 3.61. The zero-order chi connectivity index (χ0) is 14.1. The van der Waals surface area contributed by atoms with E-state index < -0.39 is 11.6 Å². The van der Waals surface area contributed by atoms with Crippen LogP contribution in [0.25, 0.3) is 0 Å². The molecule has 1 aromatic heterocycles. The molecule has 1 aliphatic carbocycles. The Balaban J connectivity index is 1.98. The second-order valence-corrected chi connectivity index (χ2v) is 6.13. The van der Waals surface area contributed by atoms with E-state index in [2.05, 4.69) is 10.3 Å². The van der Waals surface area contributed by atoms with Crippen molar-refractivity contribution in [2.24, 2.45) is 0 Å². The first-order chi connectivity index (χ1) is 9.69. The van der Waals surface area contributed by atoms with Crippen LogP contribution in [-0.2, 0) is 12.8 Å². The third-order valence-corrected chi connectivity index (χ3v) is 4.89. The Morgan fingerprint density at radius 2 is 2.05 bits per heavy atom. The third kappa shape index (κ3) is 2.47. The summed E-state index contributed by atoms with van der Waals surface area (Å²) in [5.41, 5.74) is 1.60. The molecule has 1 atom stereocenters. The molecule has 0 fully saturated rings. The summed E-state index contributed by atoms with van der Waals surface area (Å²) in [7, 11) is 1.77. The van der Waals surface area contributed by atoms with Crippen molar-refractivity contribution in [3.8, 4) is 0 Å². The van der Waals surface area contributed by atoms with Crippen LogP contribution in [0.3, 0.4) is 0 Å². The second-order valence-electron chi connectivity index (χ2n) is 5.02. The summed E-state index contributed by atoms with van der Waals surface area (Å²) in [6.07, 6.45) is 4.44. The second kappa shape index (κ2) is 5.58. The van der Waals surface area contributed by atoms with E-state index >= 15 is 0 Å². The molecule has 3 rings (SSSR count). The lowest BCUT2D eigenvalue weighted by atomic mass is 10.0. The van der Waals surface area contributed by atoms with Gasteiger partial charge in [0, 0.05) is 16.5 Å². The maximum atomic E-state index is 14.0. The molecule has 0 bridgehead atoms. The van der Waals surface area contributed by atoms with Crippen LogP contribution < -0.4 is 5.32 Å². The summed E-state index contributed by atoms with van der Waals surface area (Å²) in [4.78, 5) is 5.97. The Hall–Kier alpha value is -1.33. The number of rotatable bonds is 3. The molecule has 2 nitrogen and oxygen atoms in total. The van der Waals surface area contributed by atoms with Crippen LogP contribution in [0.2, 0.25) is 0 Å². The lowest BCUT2D eigenvalue weighted by molar-refractivity contribution is 0.550. The van der Waals surface area contributed by atoms with Gasteiger partial charge in [-0.1, -0.05) is 6.07 Å². The minimum absolute atomic E-state index is 0.314. The molecule has 0 spiro atoms. The zero-order valence-corrected chi connectivity index (χ0v) is 12.1. The standard InChI is InChI=1S/C15H16F2N2S/c1-18-14(10-7-6-9(16)8-11(10)17)15-19-12-4-2-3-5-13(12)20-15/h6-8,14,18H,2-5H2,1H3. The Bertz CT molecular complexity index is 601. The van der Waals surface area contributed by atoms with Crippen molar-refractivity contribution in [1.29, 1.82) is 0 Å². The van der Waals surface area contributed by atoms with Crippen LogP contribution in [0.15, 0.2) is 18.2 Å². The van der Waals surface area contributed by atoms with E-state index in [1.165, 1.54) is 29.9 Å². The summed E-state index contributed by atoms with van der Waals surface area (Å²) >= 11 is 1.64. The fourth-order valence-electron chi connectivity index (χ4n) is 2.64. The number of thiazole rings is 1. The van der Waals surface area contributed by atoms with Gasteiger partial charge in [-0.25, -0.2) is 13.8 Å². The Labute approximate surface area is 120 Å². The van der Waals surface area contributed by atoms with Gasteiger partial charge in [-0.3, -0.25) is 0 Å². The quantitative estimate of drug-likeness (QED) is 0.935. The van der Waals surface area contributed by atoms with Crippen molar-refractivity contribution >= 4 is 11.3 Å². The first kappa shape index (κ1) is 13.6. The van der Waals surface area contributed by atoms with Gasteiger partial charge in [0.15, 0.2) is 0 Å². The minimum Gasteiger partial charge on any atom is -0.307 e. The van der Waals surface area contributed by atoms with Crippen molar-refractivity contribution in [3.63, 3.8) is 0 Å². The first-order valence-corrected chi connectivity index (χ1v) is 7.61. The van der Waals surface area contributed by atoms with E-state index in [1.807, 2.05) is 0 Å². The highest BCUT2D eigenvalue weighted by Crippen LogP contribution is 2.33. The van der Waals surface area contributed by atoms with Crippen LogP contribution in [0.1, 0.15) is 40.0 Å². The number of nitrogens with one attached hydrogen (secondary N) is 1. The number of aromatic nitrogens is 1. The van der Waals surface area contributed by atoms with Crippen molar-refractivity contribution in [3.05, 3.63) is 51.0 Å². The molecule has 0 radical (unpaired) electrons. The smallest absolute Gasteiger partial charge is 0.131 e. The summed E-state index contributed by atoms with van der Waals surface area (Å²) < 4.78 is 27.0. The fourth-order valence-corrected chi connectivity index (χ4v) is 3.93. The zero-order valence-electron chi connectivity index (χ0n) is 11.2. The van der Waals surface area contributed by atoms with Crippen LogP contribution >= 0.6 is 11.3 Å². The molecule has 0 saturated heterocycles. The number of hydrogen-bond donors (Lipinski definition) is 1. The molecule has 1 unspecified atom stereocenters. The van der Waals surface area contributed by atoms with E-state index in [1.54, 1.807) is 18.4 Å². The number of aryl methyl sites for hydroxylation is 2. The normalized spacial score (nSPS) is 15.9. The largest absolute Gasteiger partial charge is 0.307 e. The molecule has 2 aromatic rings. The summed E-state index contributed by atoms with van der Waals surface area (Å²) in [5, 5.41) is 3.96. The average Bonchev–Trinajstić information content (AvgIpc) is 2.85. The summed E-state index contributed by atoms with van der Waals surface area (Å²) in [6.45, 7) is 0. The Kier molecular flexibility index (Phi) is 3.81. The SMILES string of the molecule is CNC(c1nc2c(s1)CCCC2)c1ccc(F)cc1F. The number of halogens is 2. The van der Waals surface area contributed by atoms with E-state index in [0.717, 1.165) is 29.6 Å². The van der Waals surface area contributed by atoms with Gasteiger partial charge in [0.25, 0.3) is 0 Å². The van der Waals surface area contributed by atoms with E-state index in [9.17, 15) is 8.78 Å². The highest BCUT2D eigenvalue weighted by molar-refractivity contribution is 7.11. The van der Waals surface area contributed by atoms with Gasteiger partial charge in [0.1, 0.15) is 16.6 Å². The first-order valence-electron chi connectivity index (χ1n) is 6.79. The van der Waals surface area contributed by atoms with Crippen molar-refractivity contribution < 1.29 is 8.78 Å². The lowest BCUT2D eigenvalue weighted by Crippen LogP contribution is -2.19. The summed E-state index contributed by atoms with van der Waals surface area (Å²) in [5.74, 6) is -1.09. The summed E-state index contributed by atoms with van der Waals surface area (Å²) in [6, 6.07) is 3.39. The molecule has 1 aliphatic rings. The van der Waals surface area contributed by atoms with Crippen LogP contribution in [0.4, 0.5) is 8.78 Å². The van der Waals surface area contributed by atoms with Crippen LogP contribution in [0, 0.1) is 11.6 Å². The minimum atomic E-state index is -0.556. The molecule has 1 N–H and O–H groups in total. The molecule has 5 heteroatoms.